The third-order valence-corrected chi connectivity index (χ3v) is 3.01. The van der Waals surface area contributed by atoms with Crippen LogP contribution in [0, 0.1) is 11.8 Å². The Kier molecular flexibility index (Phi) is 3.13. The van der Waals surface area contributed by atoms with E-state index < -0.39 is 0 Å². The number of rotatable bonds is 3. The Balaban J connectivity index is 2.43. The maximum absolute atomic E-state index is 2.32. The topological polar surface area (TPSA) is 0 Å². The Morgan fingerprint density at radius 2 is 2.09 bits per heavy atom. The average molecular weight is 168 g/mol. The van der Waals surface area contributed by atoms with Gasteiger partial charge in [0.15, 0.2) is 0 Å². The van der Waals surface area contributed by atoms with Crippen molar-refractivity contribution in [2.45, 2.75) is 27.2 Å². The lowest BCUT2D eigenvalue weighted by Gasteiger charge is -2.13. The van der Waals surface area contributed by atoms with Crippen molar-refractivity contribution >= 4 is 11.3 Å². The van der Waals surface area contributed by atoms with E-state index in [1.165, 1.54) is 12.0 Å². The fourth-order valence-corrected chi connectivity index (χ4v) is 1.70. The van der Waals surface area contributed by atoms with Gasteiger partial charge < -0.3 is 0 Å². The standard InChI is InChI=1S/C10H16S/c1-8(2)9(3)6-10-4-5-11-7-10/h4-5,7-9H,6H2,1-3H3. The molecule has 0 N–H and O–H groups in total. The highest BCUT2D eigenvalue weighted by Crippen LogP contribution is 2.17. The van der Waals surface area contributed by atoms with Crippen LogP contribution in [0.15, 0.2) is 16.8 Å². The molecule has 1 aromatic heterocycles. The summed E-state index contributed by atoms with van der Waals surface area (Å²) >= 11 is 1.79. The van der Waals surface area contributed by atoms with Gasteiger partial charge in [0.2, 0.25) is 0 Å². The van der Waals surface area contributed by atoms with Crippen LogP contribution in [-0.2, 0) is 6.42 Å². The van der Waals surface area contributed by atoms with Crippen LogP contribution in [0.1, 0.15) is 26.3 Å². The second-order valence-electron chi connectivity index (χ2n) is 3.56. The summed E-state index contributed by atoms with van der Waals surface area (Å²) in [6.07, 6.45) is 1.24. The summed E-state index contributed by atoms with van der Waals surface area (Å²) in [6.45, 7) is 6.90. The molecule has 0 aliphatic heterocycles. The summed E-state index contributed by atoms with van der Waals surface area (Å²) in [6, 6.07) is 2.23. The molecular weight excluding hydrogens is 152 g/mol. The lowest BCUT2D eigenvalue weighted by atomic mass is 9.92. The molecule has 62 valence electrons. The predicted molar refractivity (Wildman–Crippen MR) is 52.0 cm³/mol. The minimum absolute atomic E-state index is 0.801. The van der Waals surface area contributed by atoms with E-state index in [1.807, 2.05) is 0 Å². The molecule has 0 saturated carbocycles. The van der Waals surface area contributed by atoms with Gasteiger partial charge in [-0.05, 0) is 40.6 Å². The van der Waals surface area contributed by atoms with Gasteiger partial charge in [-0.1, -0.05) is 20.8 Å². The van der Waals surface area contributed by atoms with Gasteiger partial charge >= 0.3 is 0 Å². The van der Waals surface area contributed by atoms with E-state index in [0.29, 0.717) is 0 Å². The Labute approximate surface area is 73.3 Å². The Morgan fingerprint density at radius 1 is 1.36 bits per heavy atom. The molecular formula is C10H16S. The van der Waals surface area contributed by atoms with Crippen molar-refractivity contribution in [3.63, 3.8) is 0 Å². The van der Waals surface area contributed by atoms with Crippen molar-refractivity contribution in [3.8, 4) is 0 Å². The molecule has 0 aliphatic carbocycles. The fraction of sp³-hybridized carbons (Fsp3) is 0.600. The quantitative estimate of drug-likeness (QED) is 0.647. The average Bonchev–Trinajstić information content (AvgIpc) is 2.39. The van der Waals surface area contributed by atoms with E-state index in [0.717, 1.165) is 11.8 Å². The molecule has 0 nitrogen and oxygen atoms in total. The van der Waals surface area contributed by atoms with Crippen LogP contribution < -0.4 is 0 Å². The van der Waals surface area contributed by atoms with Crippen LogP contribution in [0.4, 0.5) is 0 Å². The van der Waals surface area contributed by atoms with Crippen LogP contribution in [0.5, 0.6) is 0 Å². The van der Waals surface area contributed by atoms with E-state index >= 15 is 0 Å². The molecule has 0 bridgehead atoms. The lowest BCUT2D eigenvalue weighted by molar-refractivity contribution is 0.418. The Bertz CT molecular complexity index is 187. The first kappa shape index (κ1) is 8.79. The highest BCUT2D eigenvalue weighted by molar-refractivity contribution is 7.07. The van der Waals surface area contributed by atoms with E-state index in [9.17, 15) is 0 Å². The highest BCUT2D eigenvalue weighted by Gasteiger charge is 2.07. The van der Waals surface area contributed by atoms with Crippen LogP contribution in [0.25, 0.3) is 0 Å². The minimum Gasteiger partial charge on any atom is -0.152 e. The summed E-state index contributed by atoms with van der Waals surface area (Å²) in [5, 5.41) is 4.40. The zero-order valence-corrected chi connectivity index (χ0v) is 8.32. The van der Waals surface area contributed by atoms with Gasteiger partial charge in [-0.15, -0.1) is 0 Å². The van der Waals surface area contributed by atoms with E-state index in [2.05, 4.69) is 37.6 Å². The molecule has 0 fully saturated rings. The maximum atomic E-state index is 2.32. The van der Waals surface area contributed by atoms with Gasteiger partial charge in [0.05, 0.1) is 0 Å². The molecule has 1 rings (SSSR count). The van der Waals surface area contributed by atoms with Crippen molar-refractivity contribution in [1.82, 2.24) is 0 Å². The fourth-order valence-electron chi connectivity index (χ4n) is 1.02. The zero-order valence-electron chi connectivity index (χ0n) is 7.50. The molecule has 0 spiro atoms. The monoisotopic (exact) mass is 168 g/mol. The number of hydrogen-bond acceptors (Lipinski definition) is 1. The first-order chi connectivity index (χ1) is 5.20. The highest BCUT2D eigenvalue weighted by atomic mass is 32.1. The second-order valence-corrected chi connectivity index (χ2v) is 4.34. The normalized spacial score (nSPS) is 13.8. The zero-order chi connectivity index (χ0) is 8.27. The summed E-state index contributed by atoms with van der Waals surface area (Å²) in [7, 11) is 0. The third-order valence-electron chi connectivity index (χ3n) is 2.28. The molecule has 1 heterocycles. The van der Waals surface area contributed by atoms with Crippen LogP contribution in [0.2, 0.25) is 0 Å². The molecule has 0 amide bonds. The van der Waals surface area contributed by atoms with E-state index in [4.69, 9.17) is 0 Å². The molecule has 0 aromatic carbocycles. The Hall–Kier alpha value is -0.300. The first-order valence-electron chi connectivity index (χ1n) is 4.21. The minimum atomic E-state index is 0.801. The van der Waals surface area contributed by atoms with Crippen LogP contribution >= 0.6 is 11.3 Å². The van der Waals surface area contributed by atoms with Gasteiger partial charge in [-0.3, -0.25) is 0 Å². The van der Waals surface area contributed by atoms with Crippen LogP contribution in [-0.4, -0.2) is 0 Å². The van der Waals surface area contributed by atoms with Gasteiger partial charge in [-0.2, -0.15) is 11.3 Å². The molecule has 0 radical (unpaired) electrons. The first-order valence-corrected chi connectivity index (χ1v) is 5.15. The van der Waals surface area contributed by atoms with Gasteiger partial charge in [0.25, 0.3) is 0 Å². The molecule has 11 heavy (non-hydrogen) atoms. The second kappa shape index (κ2) is 3.91. The molecule has 0 saturated heterocycles. The van der Waals surface area contributed by atoms with Crippen molar-refractivity contribution in [3.05, 3.63) is 22.4 Å². The van der Waals surface area contributed by atoms with E-state index in [-0.39, 0.29) is 0 Å². The predicted octanol–water partition coefficient (Wildman–Crippen LogP) is 3.58. The van der Waals surface area contributed by atoms with Crippen molar-refractivity contribution in [1.29, 1.82) is 0 Å². The largest absolute Gasteiger partial charge is 0.152 e. The van der Waals surface area contributed by atoms with Crippen LogP contribution in [0.3, 0.4) is 0 Å². The third kappa shape index (κ3) is 2.66. The molecule has 0 aliphatic rings. The van der Waals surface area contributed by atoms with Gasteiger partial charge in [0.1, 0.15) is 0 Å². The number of thiophene rings is 1. The van der Waals surface area contributed by atoms with Crippen molar-refractivity contribution < 1.29 is 0 Å². The number of hydrogen-bond donors (Lipinski definition) is 0. The summed E-state index contributed by atoms with van der Waals surface area (Å²) in [4.78, 5) is 0. The smallest absolute Gasteiger partial charge is 0.00612 e. The summed E-state index contributed by atoms with van der Waals surface area (Å²) < 4.78 is 0. The molecule has 1 atom stereocenters. The Morgan fingerprint density at radius 3 is 2.55 bits per heavy atom. The summed E-state index contributed by atoms with van der Waals surface area (Å²) in [5.41, 5.74) is 1.50. The molecule has 1 aromatic rings. The molecule has 1 heteroatoms. The van der Waals surface area contributed by atoms with Gasteiger partial charge in [0, 0.05) is 0 Å². The van der Waals surface area contributed by atoms with E-state index in [1.54, 1.807) is 11.3 Å². The lowest BCUT2D eigenvalue weighted by Crippen LogP contribution is -2.06. The van der Waals surface area contributed by atoms with Crippen molar-refractivity contribution in [2.24, 2.45) is 11.8 Å². The molecule has 1 unspecified atom stereocenters. The van der Waals surface area contributed by atoms with Gasteiger partial charge in [-0.25, -0.2) is 0 Å². The summed E-state index contributed by atoms with van der Waals surface area (Å²) in [5.74, 6) is 1.61. The SMILES string of the molecule is CC(C)C(C)Cc1ccsc1. The maximum Gasteiger partial charge on any atom is -0.00612 e. The van der Waals surface area contributed by atoms with Crippen molar-refractivity contribution in [2.75, 3.05) is 0 Å².